The van der Waals surface area contributed by atoms with Gasteiger partial charge in [0.2, 0.25) is 0 Å². The van der Waals surface area contributed by atoms with Crippen molar-refractivity contribution in [2.75, 3.05) is 0 Å². The van der Waals surface area contributed by atoms with Gasteiger partial charge in [0.25, 0.3) is 0 Å². The molecule has 1 rings (SSSR count). The van der Waals surface area contributed by atoms with E-state index in [4.69, 9.17) is 28.6 Å². The standard InChI is InChI=1S/C13H18Cl2N2/c1-8(2)17(9(3)4)13(16)12-10(14)6-5-7-11(12)15/h5-9,16H,1-4H3. The van der Waals surface area contributed by atoms with Crippen LogP contribution in [0.3, 0.4) is 0 Å². The van der Waals surface area contributed by atoms with Gasteiger partial charge in [-0.2, -0.15) is 0 Å². The lowest BCUT2D eigenvalue weighted by molar-refractivity contribution is 0.291. The summed E-state index contributed by atoms with van der Waals surface area (Å²) in [5, 5.41) is 9.33. The van der Waals surface area contributed by atoms with E-state index in [0.29, 0.717) is 21.4 Å². The molecule has 0 unspecified atom stereocenters. The van der Waals surface area contributed by atoms with Crippen molar-refractivity contribution >= 4 is 29.0 Å². The van der Waals surface area contributed by atoms with E-state index in [-0.39, 0.29) is 12.1 Å². The van der Waals surface area contributed by atoms with E-state index in [9.17, 15) is 0 Å². The number of nitrogens with one attached hydrogen (secondary N) is 1. The molecule has 94 valence electrons. The summed E-state index contributed by atoms with van der Waals surface area (Å²) < 4.78 is 0. The molecule has 0 atom stereocenters. The molecule has 1 aromatic carbocycles. The molecule has 0 saturated carbocycles. The maximum atomic E-state index is 8.29. The Morgan fingerprint density at radius 1 is 1.06 bits per heavy atom. The van der Waals surface area contributed by atoms with Crippen molar-refractivity contribution in [2.45, 2.75) is 39.8 Å². The van der Waals surface area contributed by atoms with E-state index in [0.717, 1.165) is 0 Å². The Bertz CT molecular complexity index is 386. The highest BCUT2D eigenvalue weighted by Gasteiger charge is 2.21. The highest BCUT2D eigenvalue weighted by Crippen LogP contribution is 2.27. The lowest BCUT2D eigenvalue weighted by Gasteiger charge is -2.33. The van der Waals surface area contributed by atoms with Gasteiger partial charge in [-0.05, 0) is 39.8 Å². The summed E-state index contributed by atoms with van der Waals surface area (Å²) in [4.78, 5) is 1.99. The molecule has 17 heavy (non-hydrogen) atoms. The Kier molecular flexibility index (Phi) is 4.84. The molecule has 0 radical (unpaired) electrons. The second kappa shape index (κ2) is 5.74. The summed E-state index contributed by atoms with van der Waals surface area (Å²) in [6, 6.07) is 5.77. The minimum Gasteiger partial charge on any atom is -0.352 e. The Hall–Kier alpha value is -0.730. The van der Waals surface area contributed by atoms with Gasteiger partial charge in [-0.3, -0.25) is 5.41 Å². The summed E-state index contributed by atoms with van der Waals surface area (Å²) >= 11 is 12.3. The predicted molar refractivity (Wildman–Crippen MR) is 75.4 cm³/mol. The van der Waals surface area contributed by atoms with Crippen LogP contribution in [0.25, 0.3) is 0 Å². The van der Waals surface area contributed by atoms with Gasteiger partial charge in [0.15, 0.2) is 0 Å². The highest BCUT2D eigenvalue weighted by atomic mass is 35.5. The third-order valence-electron chi connectivity index (χ3n) is 2.57. The van der Waals surface area contributed by atoms with Crippen molar-refractivity contribution in [3.05, 3.63) is 33.8 Å². The molecule has 0 heterocycles. The summed E-state index contributed by atoms with van der Waals surface area (Å²) in [7, 11) is 0. The number of halogens is 2. The van der Waals surface area contributed by atoms with Crippen molar-refractivity contribution in [3.63, 3.8) is 0 Å². The minimum atomic E-state index is 0.231. The Morgan fingerprint density at radius 2 is 1.47 bits per heavy atom. The quantitative estimate of drug-likeness (QED) is 0.639. The largest absolute Gasteiger partial charge is 0.352 e. The van der Waals surface area contributed by atoms with Crippen LogP contribution in [-0.4, -0.2) is 22.8 Å². The van der Waals surface area contributed by atoms with E-state index in [1.54, 1.807) is 18.2 Å². The fourth-order valence-electron chi connectivity index (χ4n) is 1.97. The zero-order valence-corrected chi connectivity index (χ0v) is 12.1. The van der Waals surface area contributed by atoms with Crippen LogP contribution in [0.4, 0.5) is 0 Å². The Morgan fingerprint density at radius 3 is 1.82 bits per heavy atom. The van der Waals surface area contributed by atoms with Gasteiger partial charge in [-0.15, -0.1) is 0 Å². The van der Waals surface area contributed by atoms with Crippen molar-refractivity contribution in [1.29, 1.82) is 5.41 Å². The Balaban J connectivity index is 3.19. The van der Waals surface area contributed by atoms with Gasteiger partial charge in [-0.1, -0.05) is 29.3 Å². The zero-order valence-electron chi connectivity index (χ0n) is 10.6. The van der Waals surface area contributed by atoms with E-state index in [1.165, 1.54) is 0 Å². The lowest BCUT2D eigenvalue weighted by atomic mass is 10.1. The highest BCUT2D eigenvalue weighted by molar-refractivity contribution is 6.39. The smallest absolute Gasteiger partial charge is 0.131 e. The molecule has 1 aromatic rings. The molecule has 2 nitrogen and oxygen atoms in total. The molecular formula is C13H18Cl2N2. The van der Waals surface area contributed by atoms with Crippen LogP contribution in [0.2, 0.25) is 10.0 Å². The third-order valence-corrected chi connectivity index (χ3v) is 3.20. The fourth-order valence-corrected chi connectivity index (χ4v) is 2.54. The van der Waals surface area contributed by atoms with Crippen molar-refractivity contribution in [3.8, 4) is 0 Å². The summed E-state index contributed by atoms with van der Waals surface area (Å²) in [5.41, 5.74) is 0.609. The number of rotatable bonds is 3. The normalized spacial score (nSPS) is 11.1. The van der Waals surface area contributed by atoms with Gasteiger partial charge < -0.3 is 4.90 Å². The van der Waals surface area contributed by atoms with E-state index in [2.05, 4.69) is 27.7 Å². The molecule has 0 aliphatic carbocycles. The SMILES string of the molecule is CC(C)N(C(=N)c1c(Cl)cccc1Cl)C(C)C. The molecule has 0 spiro atoms. The first-order valence-corrected chi connectivity index (χ1v) is 6.43. The van der Waals surface area contributed by atoms with Gasteiger partial charge in [0.1, 0.15) is 5.84 Å². The molecule has 4 heteroatoms. The third kappa shape index (κ3) is 3.14. The van der Waals surface area contributed by atoms with Crippen LogP contribution < -0.4 is 0 Å². The molecular weight excluding hydrogens is 255 g/mol. The number of amidine groups is 1. The minimum absolute atomic E-state index is 0.231. The van der Waals surface area contributed by atoms with Crippen molar-refractivity contribution in [1.82, 2.24) is 4.90 Å². The van der Waals surface area contributed by atoms with Crippen LogP contribution >= 0.6 is 23.2 Å². The monoisotopic (exact) mass is 272 g/mol. The molecule has 0 aliphatic heterocycles. The number of benzene rings is 1. The van der Waals surface area contributed by atoms with Crippen LogP contribution in [0.1, 0.15) is 33.3 Å². The summed E-state index contributed by atoms with van der Waals surface area (Å²) in [6.45, 7) is 8.22. The van der Waals surface area contributed by atoms with E-state index < -0.39 is 0 Å². The molecule has 0 aliphatic rings. The summed E-state index contributed by atoms with van der Waals surface area (Å²) in [6.07, 6.45) is 0. The Labute approximate surface area is 113 Å². The first-order valence-electron chi connectivity index (χ1n) is 5.67. The first kappa shape index (κ1) is 14.3. The average molecular weight is 273 g/mol. The average Bonchev–Trinajstić information content (AvgIpc) is 2.15. The molecule has 0 fully saturated rings. The molecule has 1 N–H and O–H groups in total. The van der Waals surface area contributed by atoms with Gasteiger partial charge in [0.05, 0.1) is 15.6 Å². The fraction of sp³-hybridized carbons (Fsp3) is 0.462. The molecule has 0 aromatic heterocycles. The van der Waals surface area contributed by atoms with Crippen molar-refractivity contribution < 1.29 is 0 Å². The maximum Gasteiger partial charge on any atom is 0.131 e. The lowest BCUT2D eigenvalue weighted by Crippen LogP contribution is -2.42. The second-order valence-electron chi connectivity index (χ2n) is 4.54. The molecule has 0 bridgehead atoms. The van der Waals surface area contributed by atoms with Crippen LogP contribution in [0.15, 0.2) is 18.2 Å². The molecule has 0 saturated heterocycles. The topological polar surface area (TPSA) is 27.1 Å². The number of hydrogen-bond donors (Lipinski definition) is 1. The maximum absolute atomic E-state index is 8.29. The van der Waals surface area contributed by atoms with Crippen LogP contribution in [0, 0.1) is 5.41 Å². The van der Waals surface area contributed by atoms with Crippen molar-refractivity contribution in [2.24, 2.45) is 0 Å². The van der Waals surface area contributed by atoms with E-state index in [1.807, 2.05) is 4.90 Å². The van der Waals surface area contributed by atoms with Crippen LogP contribution in [-0.2, 0) is 0 Å². The van der Waals surface area contributed by atoms with Gasteiger partial charge in [0, 0.05) is 12.1 Å². The number of nitrogens with zero attached hydrogens (tertiary/aromatic N) is 1. The van der Waals surface area contributed by atoms with Gasteiger partial charge in [-0.25, -0.2) is 0 Å². The second-order valence-corrected chi connectivity index (χ2v) is 5.35. The first-order chi connectivity index (χ1) is 7.86. The van der Waals surface area contributed by atoms with Gasteiger partial charge >= 0.3 is 0 Å². The zero-order chi connectivity index (χ0) is 13.2. The summed E-state index contributed by atoms with van der Waals surface area (Å²) in [5.74, 6) is 0.380. The van der Waals surface area contributed by atoms with Crippen LogP contribution in [0.5, 0.6) is 0 Å². The molecule has 0 amide bonds. The van der Waals surface area contributed by atoms with E-state index >= 15 is 0 Å². The number of hydrogen-bond acceptors (Lipinski definition) is 1. The predicted octanol–water partition coefficient (Wildman–Crippen LogP) is 4.44.